The minimum atomic E-state index is -0.252. The number of amides is 1. The predicted octanol–water partition coefficient (Wildman–Crippen LogP) is 3.66. The van der Waals surface area contributed by atoms with Gasteiger partial charge in [0.25, 0.3) is 0 Å². The topological polar surface area (TPSA) is 71.3 Å². The number of nitrogens with zero attached hydrogens (tertiary/aromatic N) is 3. The molecular weight excluding hydrogens is 328 g/mol. The number of anilines is 1. The third-order valence-corrected chi connectivity index (χ3v) is 3.99. The molecule has 1 atom stereocenters. The van der Waals surface area contributed by atoms with Gasteiger partial charge in [-0.2, -0.15) is 0 Å². The van der Waals surface area contributed by atoms with E-state index in [0.717, 1.165) is 24.8 Å². The molecule has 0 radical (unpaired) electrons. The van der Waals surface area contributed by atoms with Crippen molar-refractivity contribution in [1.82, 2.24) is 15.0 Å². The first-order chi connectivity index (χ1) is 11.5. The Morgan fingerprint density at radius 1 is 1.46 bits per heavy atom. The number of hydrogen-bond donors (Lipinski definition) is 1. The first-order valence-electron chi connectivity index (χ1n) is 8.04. The van der Waals surface area contributed by atoms with Crippen LogP contribution in [0, 0.1) is 6.92 Å². The van der Waals surface area contributed by atoms with Crippen LogP contribution in [0.5, 0.6) is 0 Å². The number of halogens is 1. The molecule has 0 saturated carbocycles. The fourth-order valence-corrected chi connectivity index (χ4v) is 2.59. The average Bonchev–Trinajstić information content (AvgIpc) is 2.95. The molecule has 2 heterocycles. The lowest BCUT2D eigenvalue weighted by Gasteiger charge is -2.26. The van der Waals surface area contributed by atoms with Crippen LogP contribution in [0.2, 0.25) is 5.15 Å². The number of rotatable bonds is 8. The maximum absolute atomic E-state index is 12.6. The highest BCUT2D eigenvalue weighted by atomic mass is 35.5. The Morgan fingerprint density at radius 3 is 2.83 bits per heavy atom. The van der Waals surface area contributed by atoms with E-state index in [4.69, 9.17) is 16.1 Å². The molecule has 130 valence electrons. The molecule has 1 amide bonds. The van der Waals surface area contributed by atoms with Crippen molar-refractivity contribution in [3.63, 3.8) is 0 Å². The molecule has 0 aliphatic heterocycles. The van der Waals surface area contributed by atoms with Gasteiger partial charge < -0.3 is 9.84 Å². The summed E-state index contributed by atoms with van der Waals surface area (Å²) in [6.07, 6.45) is 4.51. The van der Waals surface area contributed by atoms with Crippen molar-refractivity contribution in [3.8, 4) is 0 Å². The van der Waals surface area contributed by atoms with Crippen LogP contribution < -0.4 is 5.32 Å². The van der Waals surface area contributed by atoms with Gasteiger partial charge in [-0.15, -0.1) is 0 Å². The molecule has 0 aliphatic carbocycles. The molecule has 0 saturated heterocycles. The van der Waals surface area contributed by atoms with Gasteiger partial charge in [0, 0.05) is 18.8 Å². The highest BCUT2D eigenvalue weighted by Gasteiger charge is 2.23. The van der Waals surface area contributed by atoms with E-state index in [1.165, 1.54) is 0 Å². The summed E-state index contributed by atoms with van der Waals surface area (Å²) in [7, 11) is 1.93. The number of carbonyl (C=O) groups excluding carboxylic acids is 1. The van der Waals surface area contributed by atoms with Crippen LogP contribution in [-0.4, -0.2) is 34.0 Å². The van der Waals surface area contributed by atoms with E-state index in [1.54, 1.807) is 25.3 Å². The van der Waals surface area contributed by atoms with Crippen LogP contribution in [0.3, 0.4) is 0 Å². The van der Waals surface area contributed by atoms with E-state index >= 15 is 0 Å². The van der Waals surface area contributed by atoms with Crippen molar-refractivity contribution in [1.29, 1.82) is 0 Å². The normalized spacial score (nSPS) is 12.4. The van der Waals surface area contributed by atoms with Crippen LogP contribution >= 0.6 is 11.6 Å². The molecule has 24 heavy (non-hydrogen) atoms. The highest BCUT2D eigenvalue weighted by Crippen LogP contribution is 2.15. The SMILES string of the molecule is CCCC[C@H](C(=O)Nc1cc(C)on1)N(C)Cc1ccc(Cl)nc1. The van der Waals surface area contributed by atoms with E-state index in [1.807, 2.05) is 18.0 Å². The van der Waals surface area contributed by atoms with Crippen molar-refractivity contribution in [2.45, 2.75) is 45.7 Å². The van der Waals surface area contributed by atoms with Crippen molar-refractivity contribution >= 4 is 23.3 Å². The molecule has 2 aromatic rings. The van der Waals surface area contributed by atoms with Crippen molar-refractivity contribution < 1.29 is 9.32 Å². The second kappa shape index (κ2) is 8.80. The number of hydrogen-bond acceptors (Lipinski definition) is 5. The molecule has 0 unspecified atom stereocenters. The first kappa shape index (κ1) is 18.4. The van der Waals surface area contributed by atoms with Gasteiger partial charge in [0.15, 0.2) is 5.82 Å². The lowest BCUT2D eigenvalue weighted by atomic mass is 10.1. The molecular formula is C17H23ClN4O2. The zero-order valence-corrected chi connectivity index (χ0v) is 15.0. The van der Waals surface area contributed by atoms with E-state index in [-0.39, 0.29) is 11.9 Å². The highest BCUT2D eigenvalue weighted by molar-refractivity contribution is 6.29. The largest absolute Gasteiger partial charge is 0.360 e. The van der Waals surface area contributed by atoms with Gasteiger partial charge in [-0.1, -0.05) is 42.6 Å². The summed E-state index contributed by atoms with van der Waals surface area (Å²) >= 11 is 5.82. The fourth-order valence-electron chi connectivity index (χ4n) is 2.48. The fraction of sp³-hybridized carbons (Fsp3) is 0.471. The molecule has 0 aliphatic rings. The van der Waals surface area contributed by atoms with Crippen molar-refractivity contribution in [2.24, 2.45) is 0 Å². The van der Waals surface area contributed by atoms with Gasteiger partial charge in [0.1, 0.15) is 10.9 Å². The number of aromatic nitrogens is 2. The Balaban J connectivity index is 2.04. The van der Waals surface area contributed by atoms with Gasteiger partial charge in [0.05, 0.1) is 6.04 Å². The molecule has 7 heteroatoms. The predicted molar refractivity (Wildman–Crippen MR) is 93.9 cm³/mol. The molecule has 0 spiro atoms. The van der Waals surface area contributed by atoms with E-state index in [2.05, 4.69) is 22.4 Å². The lowest BCUT2D eigenvalue weighted by molar-refractivity contribution is -0.121. The molecule has 2 rings (SSSR count). The van der Waals surface area contributed by atoms with E-state index < -0.39 is 0 Å². The Labute approximate surface area is 147 Å². The zero-order chi connectivity index (χ0) is 17.5. The number of unbranched alkanes of at least 4 members (excludes halogenated alkanes) is 1. The molecule has 0 bridgehead atoms. The quantitative estimate of drug-likeness (QED) is 0.735. The Morgan fingerprint density at radius 2 is 2.25 bits per heavy atom. The third kappa shape index (κ3) is 5.32. The van der Waals surface area contributed by atoms with Crippen LogP contribution in [-0.2, 0) is 11.3 Å². The number of carbonyl (C=O) groups is 1. The Hall–Kier alpha value is -1.92. The average molecular weight is 351 g/mol. The second-order valence-electron chi connectivity index (χ2n) is 5.87. The summed E-state index contributed by atoms with van der Waals surface area (Å²) in [5.41, 5.74) is 1.01. The standard InChI is InChI=1S/C17H23ClN4O2/c1-4-5-6-14(17(23)20-16-9-12(2)24-21-16)22(3)11-13-7-8-15(18)19-10-13/h7-10,14H,4-6,11H2,1-3H3,(H,20,21,23)/t14-/m1/s1. The van der Waals surface area contributed by atoms with E-state index in [9.17, 15) is 4.79 Å². The molecule has 0 aromatic carbocycles. The number of nitrogens with one attached hydrogen (secondary N) is 1. The lowest BCUT2D eigenvalue weighted by Crippen LogP contribution is -2.41. The van der Waals surface area contributed by atoms with Crippen molar-refractivity contribution in [3.05, 3.63) is 40.9 Å². The number of pyridine rings is 1. The van der Waals surface area contributed by atoms with Crippen LogP contribution in [0.25, 0.3) is 0 Å². The zero-order valence-electron chi connectivity index (χ0n) is 14.3. The van der Waals surface area contributed by atoms with Gasteiger partial charge in [-0.25, -0.2) is 4.98 Å². The molecule has 0 fully saturated rings. The Kier molecular flexibility index (Phi) is 6.75. The molecule has 6 nitrogen and oxygen atoms in total. The smallest absolute Gasteiger partial charge is 0.242 e. The van der Waals surface area contributed by atoms with Crippen LogP contribution in [0.4, 0.5) is 5.82 Å². The summed E-state index contributed by atoms with van der Waals surface area (Å²) < 4.78 is 4.99. The minimum absolute atomic E-state index is 0.0822. The van der Waals surface area contributed by atoms with E-state index in [0.29, 0.717) is 23.3 Å². The third-order valence-electron chi connectivity index (χ3n) is 3.77. The maximum atomic E-state index is 12.6. The maximum Gasteiger partial charge on any atom is 0.242 e. The van der Waals surface area contributed by atoms with Gasteiger partial charge in [0.2, 0.25) is 5.91 Å². The summed E-state index contributed by atoms with van der Waals surface area (Å²) in [4.78, 5) is 18.7. The minimum Gasteiger partial charge on any atom is -0.360 e. The summed E-state index contributed by atoms with van der Waals surface area (Å²) in [6.45, 7) is 4.51. The van der Waals surface area contributed by atoms with Crippen LogP contribution in [0.1, 0.15) is 37.5 Å². The summed E-state index contributed by atoms with van der Waals surface area (Å²) in [5.74, 6) is 1.03. The monoisotopic (exact) mass is 350 g/mol. The number of likely N-dealkylation sites (N-methyl/N-ethyl adjacent to an activating group) is 1. The summed E-state index contributed by atoms with van der Waals surface area (Å²) in [5, 5.41) is 7.11. The van der Waals surface area contributed by atoms with Crippen LogP contribution in [0.15, 0.2) is 28.9 Å². The van der Waals surface area contributed by atoms with Gasteiger partial charge in [-0.3, -0.25) is 9.69 Å². The first-order valence-corrected chi connectivity index (χ1v) is 8.42. The molecule has 1 N–H and O–H groups in total. The number of aryl methyl sites for hydroxylation is 1. The molecule has 2 aromatic heterocycles. The summed E-state index contributed by atoms with van der Waals surface area (Å²) in [6, 6.07) is 5.13. The van der Waals surface area contributed by atoms with Gasteiger partial charge in [-0.05, 0) is 32.0 Å². The second-order valence-corrected chi connectivity index (χ2v) is 6.26. The van der Waals surface area contributed by atoms with Gasteiger partial charge >= 0.3 is 0 Å². The Bertz CT molecular complexity index is 657. The van der Waals surface area contributed by atoms with Crippen molar-refractivity contribution in [2.75, 3.05) is 12.4 Å².